The summed E-state index contributed by atoms with van der Waals surface area (Å²) in [7, 11) is 0. The minimum Gasteiger partial charge on any atom is -0.454 e. The Morgan fingerprint density at radius 3 is 1.73 bits per heavy atom. The minimum absolute atomic E-state index is 0.264. The lowest BCUT2D eigenvalue weighted by Crippen LogP contribution is -2.25. The third kappa shape index (κ3) is 6.32. The van der Waals surface area contributed by atoms with Crippen LogP contribution in [0.4, 0.5) is 35.1 Å². The Labute approximate surface area is 210 Å². The molecule has 37 heavy (non-hydrogen) atoms. The van der Waals surface area contributed by atoms with Gasteiger partial charge in [0, 0.05) is 23.8 Å². The summed E-state index contributed by atoms with van der Waals surface area (Å²) < 4.78 is 118. The van der Waals surface area contributed by atoms with Crippen molar-refractivity contribution in [2.75, 3.05) is 0 Å². The van der Waals surface area contributed by atoms with E-state index in [9.17, 15) is 35.1 Å². The van der Waals surface area contributed by atoms with Gasteiger partial charge in [-0.05, 0) is 62.2 Å². The van der Waals surface area contributed by atoms with E-state index in [-0.39, 0.29) is 11.6 Å². The lowest BCUT2D eigenvalue weighted by atomic mass is 9.68. The van der Waals surface area contributed by atoms with Crippen molar-refractivity contribution in [1.29, 1.82) is 0 Å². The van der Waals surface area contributed by atoms with Gasteiger partial charge in [0.1, 0.15) is 5.75 Å². The van der Waals surface area contributed by atoms with E-state index in [1.54, 1.807) is 0 Å². The first kappa shape index (κ1) is 27.5. The molecule has 2 saturated carbocycles. The minimum atomic E-state index is -5.35. The molecule has 0 heterocycles. The lowest BCUT2D eigenvalue weighted by Gasteiger charge is -2.38. The summed E-state index contributed by atoms with van der Waals surface area (Å²) in [5.41, 5.74) is -0.373. The molecule has 0 radical (unpaired) electrons. The normalized spacial score (nSPS) is 24.7. The van der Waals surface area contributed by atoms with Crippen LogP contribution in [0.2, 0.25) is 0 Å². The predicted octanol–water partition coefficient (Wildman–Crippen LogP) is 9.56. The van der Waals surface area contributed by atoms with Gasteiger partial charge in [0.25, 0.3) is 0 Å². The van der Waals surface area contributed by atoms with Gasteiger partial charge in [-0.25, -0.2) is 22.0 Å². The van der Waals surface area contributed by atoms with E-state index in [2.05, 4.69) is 11.7 Å². The molecule has 0 N–H and O–H groups in total. The van der Waals surface area contributed by atoms with Crippen molar-refractivity contribution in [3.63, 3.8) is 0 Å². The van der Waals surface area contributed by atoms with Crippen LogP contribution in [0.25, 0.3) is 0 Å². The number of alkyl halides is 3. The molecule has 0 aliphatic heterocycles. The molecule has 2 aromatic rings. The van der Waals surface area contributed by atoms with Crippen LogP contribution in [-0.2, 0) is 0 Å². The van der Waals surface area contributed by atoms with Gasteiger partial charge in [-0.15, -0.1) is 13.2 Å². The second-order valence-electron chi connectivity index (χ2n) is 10.1. The number of benzene rings is 2. The molecule has 4 rings (SSSR count). The average molecular weight is 537 g/mol. The molecule has 0 amide bonds. The zero-order chi connectivity index (χ0) is 26.9. The fourth-order valence-corrected chi connectivity index (χ4v) is 5.94. The molecule has 10 heteroatoms. The number of halogens is 8. The van der Waals surface area contributed by atoms with E-state index in [0.29, 0.717) is 36.8 Å². The molecule has 0 aromatic heterocycles. The maximum Gasteiger partial charge on any atom is 0.573 e. The zero-order valence-electron chi connectivity index (χ0n) is 20.2. The fourth-order valence-electron chi connectivity index (χ4n) is 5.94. The van der Waals surface area contributed by atoms with E-state index in [4.69, 9.17) is 4.74 Å². The summed E-state index contributed by atoms with van der Waals surface area (Å²) in [6.45, 7) is 2.19. The molecular formula is C27H28F8O2. The smallest absolute Gasteiger partial charge is 0.454 e. The third-order valence-corrected chi connectivity index (χ3v) is 7.89. The van der Waals surface area contributed by atoms with Gasteiger partial charge in [-0.1, -0.05) is 26.2 Å². The van der Waals surface area contributed by atoms with E-state index < -0.39 is 58.6 Å². The first-order chi connectivity index (χ1) is 17.5. The van der Waals surface area contributed by atoms with Gasteiger partial charge in [-0.2, -0.15) is 0 Å². The summed E-state index contributed by atoms with van der Waals surface area (Å²) in [5.74, 6) is -9.56. The highest BCUT2D eigenvalue weighted by atomic mass is 19.4. The Morgan fingerprint density at radius 1 is 0.703 bits per heavy atom. The lowest BCUT2D eigenvalue weighted by molar-refractivity contribution is -0.276. The molecule has 204 valence electrons. The van der Waals surface area contributed by atoms with Crippen LogP contribution >= 0.6 is 0 Å². The van der Waals surface area contributed by atoms with Crippen molar-refractivity contribution in [3.8, 4) is 17.2 Å². The van der Waals surface area contributed by atoms with Crippen molar-refractivity contribution >= 4 is 0 Å². The van der Waals surface area contributed by atoms with E-state index in [0.717, 1.165) is 31.6 Å². The number of hydrogen-bond acceptors (Lipinski definition) is 2. The third-order valence-electron chi connectivity index (χ3n) is 7.89. The van der Waals surface area contributed by atoms with Crippen molar-refractivity contribution < 1.29 is 44.6 Å². The quantitative estimate of drug-likeness (QED) is 0.270. The molecule has 2 aliphatic rings. The predicted molar refractivity (Wildman–Crippen MR) is 120 cm³/mol. The van der Waals surface area contributed by atoms with Crippen molar-refractivity contribution in [1.82, 2.24) is 0 Å². The first-order valence-electron chi connectivity index (χ1n) is 12.6. The molecular weight excluding hydrogens is 508 g/mol. The molecule has 0 atom stereocenters. The van der Waals surface area contributed by atoms with Gasteiger partial charge in [-0.3, -0.25) is 0 Å². The van der Waals surface area contributed by atoms with Gasteiger partial charge in [0.2, 0.25) is 5.75 Å². The molecule has 0 spiro atoms. The zero-order valence-corrected chi connectivity index (χ0v) is 20.2. The number of rotatable bonds is 6. The Bertz CT molecular complexity index is 1080. The van der Waals surface area contributed by atoms with Crippen LogP contribution in [0.3, 0.4) is 0 Å². The Kier molecular flexibility index (Phi) is 8.23. The molecule has 0 saturated heterocycles. The monoisotopic (exact) mass is 536 g/mol. The average Bonchev–Trinajstić information content (AvgIpc) is 2.85. The first-order valence-corrected chi connectivity index (χ1v) is 12.6. The summed E-state index contributed by atoms with van der Waals surface area (Å²) in [6, 6.07) is 0.982. The van der Waals surface area contributed by atoms with Crippen molar-refractivity contribution in [3.05, 3.63) is 52.8 Å². The van der Waals surface area contributed by atoms with E-state index >= 15 is 0 Å². The SMILES string of the molecule is CCC1CCC(C2CCC(c3c(F)c(F)cc(F)c3Oc3cc(F)c(OC(F)(F)F)c(F)c3)CC2)CC1. The van der Waals surface area contributed by atoms with Crippen LogP contribution in [0.1, 0.15) is 76.2 Å². The molecule has 0 unspecified atom stereocenters. The van der Waals surface area contributed by atoms with Crippen LogP contribution in [0.5, 0.6) is 17.2 Å². The highest BCUT2D eigenvalue weighted by Crippen LogP contribution is 2.48. The van der Waals surface area contributed by atoms with Gasteiger partial charge >= 0.3 is 6.36 Å². The highest BCUT2D eigenvalue weighted by molar-refractivity contribution is 5.44. The van der Waals surface area contributed by atoms with E-state index in [1.807, 2.05) is 0 Å². The summed E-state index contributed by atoms with van der Waals surface area (Å²) in [5, 5.41) is 0. The van der Waals surface area contributed by atoms with Crippen LogP contribution in [0, 0.1) is 46.8 Å². The molecule has 0 bridgehead atoms. The van der Waals surface area contributed by atoms with E-state index in [1.165, 1.54) is 19.3 Å². The Hall–Kier alpha value is -2.52. The second-order valence-corrected chi connectivity index (χ2v) is 10.1. The van der Waals surface area contributed by atoms with Gasteiger partial charge in [0.15, 0.2) is 34.8 Å². The topological polar surface area (TPSA) is 18.5 Å². The molecule has 2 nitrogen and oxygen atoms in total. The number of ether oxygens (including phenoxy) is 2. The Morgan fingerprint density at radius 2 is 1.22 bits per heavy atom. The maximum absolute atomic E-state index is 15.0. The van der Waals surface area contributed by atoms with Crippen LogP contribution < -0.4 is 9.47 Å². The molecule has 2 aromatic carbocycles. The second kappa shape index (κ2) is 11.1. The number of hydrogen-bond donors (Lipinski definition) is 0. The standard InChI is InChI=1S/C27H28F8O2/c1-2-14-3-5-15(6-4-14)16-7-9-17(10-8-16)23-24(32)19(28)13-22(31)26(23)36-18-11-20(29)25(21(30)12-18)37-27(33,34)35/h11-17H,2-10H2,1H3. The largest absolute Gasteiger partial charge is 0.573 e. The fraction of sp³-hybridized carbons (Fsp3) is 0.556. The Balaban J connectivity index is 1.55. The van der Waals surface area contributed by atoms with Crippen LogP contribution in [0.15, 0.2) is 18.2 Å². The summed E-state index contributed by atoms with van der Waals surface area (Å²) in [4.78, 5) is 0. The molecule has 2 fully saturated rings. The summed E-state index contributed by atoms with van der Waals surface area (Å²) >= 11 is 0. The highest BCUT2D eigenvalue weighted by Gasteiger charge is 2.36. The molecule has 2 aliphatic carbocycles. The van der Waals surface area contributed by atoms with Crippen LogP contribution in [-0.4, -0.2) is 6.36 Å². The van der Waals surface area contributed by atoms with Crippen molar-refractivity contribution in [2.45, 2.75) is 77.0 Å². The summed E-state index contributed by atoms with van der Waals surface area (Å²) in [6.07, 6.45) is 2.85. The van der Waals surface area contributed by atoms with Crippen molar-refractivity contribution in [2.24, 2.45) is 17.8 Å². The van der Waals surface area contributed by atoms with Gasteiger partial charge in [0.05, 0.1) is 0 Å². The van der Waals surface area contributed by atoms with Gasteiger partial charge < -0.3 is 9.47 Å². The maximum atomic E-state index is 15.0.